The smallest absolute Gasteiger partial charge is 0.320 e. The van der Waals surface area contributed by atoms with Gasteiger partial charge in [-0.05, 0) is 37.4 Å². The summed E-state index contributed by atoms with van der Waals surface area (Å²) in [5.74, 6) is -0.701. The lowest BCUT2D eigenvalue weighted by molar-refractivity contribution is -0.145. The fourth-order valence-electron chi connectivity index (χ4n) is 2.51. The lowest BCUT2D eigenvalue weighted by atomic mass is 9.92. The molecule has 0 bridgehead atoms. The third kappa shape index (κ3) is 3.54. The van der Waals surface area contributed by atoms with Crippen LogP contribution in [0.15, 0.2) is 22.7 Å². The molecule has 0 amide bonds. The van der Waals surface area contributed by atoms with Crippen LogP contribution in [0.25, 0.3) is 0 Å². The maximum absolute atomic E-state index is 13.8. The standard InChI is InChI=1S/C14H17BrFNO2/c1-9-4-5-17(13(6-9)14(18)19)8-10-2-3-11(15)7-12(10)16/h2-3,7,9,13H,4-6,8H2,1H3,(H,18,19). The Morgan fingerprint density at radius 1 is 1.58 bits per heavy atom. The number of piperidine rings is 1. The molecule has 0 saturated carbocycles. The van der Waals surface area contributed by atoms with Crippen LogP contribution >= 0.6 is 15.9 Å². The molecule has 0 aromatic heterocycles. The largest absolute Gasteiger partial charge is 0.480 e. The van der Waals surface area contributed by atoms with Gasteiger partial charge in [0.2, 0.25) is 0 Å². The van der Waals surface area contributed by atoms with E-state index in [0.717, 1.165) is 6.42 Å². The second-order valence-electron chi connectivity index (χ2n) is 5.19. The van der Waals surface area contributed by atoms with Crippen LogP contribution in [0, 0.1) is 11.7 Å². The van der Waals surface area contributed by atoms with Crippen molar-refractivity contribution >= 4 is 21.9 Å². The van der Waals surface area contributed by atoms with Gasteiger partial charge in [-0.3, -0.25) is 9.69 Å². The highest BCUT2D eigenvalue weighted by Gasteiger charge is 2.31. The summed E-state index contributed by atoms with van der Waals surface area (Å²) in [6.07, 6.45) is 1.59. The van der Waals surface area contributed by atoms with Crippen LogP contribution in [-0.2, 0) is 11.3 Å². The van der Waals surface area contributed by atoms with Crippen molar-refractivity contribution in [2.75, 3.05) is 6.54 Å². The van der Waals surface area contributed by atoms with Gasteiger partial charge in [0.1, 0.15) is 11.9 Å². The summed E-state index contributed by atoms with van der Waals surface area (Å²) in [6, 6.07) is 4.39. The number of nitrogens with zero attached hydrogens (tertiary/aromatic N) is 1. The molecule has 1 saturated heterocycles. The molecule has 1 aromatic rings. The van der Waals surface area contributed by atoms with Gasteiger partial charge in [-0.2, -0.15) is 0 Å². The van der Waals surface area contributed by atoms with Crippen molar-refractivity contribution in [1.29, 1.82) is 0 Å². The first-order valence-corrected chi connectivity index (χ1v) is 7.17. The molecule has 0 aliphatic carbocycles. The third-order valence-corrected chi connectivity index (χ3v) is 4.14. The zero-order valence-corrected chi connectivity index (χ0v) is 12.4. The number of rotatable bonds is 3. The summed E-state index contributed by atoms with van der Waals surface area (Å²) in [6.45, 7) is 3.12. The quantitative estimate of drug-likeness (QED) is 0.925. The Morgan fingerprint density at radius 3 is 2.95 bits per heavy atom. The molecule has 1 aliphatic rings. The molecule has 3 nitrogen and oxygen atoms in total. The van der Waals surface area contributed by atoms with Crippen LogP contribution in [0.2, 0.25) is 0 Å². The van der Waals surface area contributed by atoms with Crippen LogP contribution in [0.1, 0.15) is 25.3 Å². The Labute approximate surface area is 120 Å². The van der Waals surface area contributed by atoms with E-state index >= 15 is 0 Å². The molecule has 2 unspecified atom stereocenters. The van der Waals surface area contributed by atoms with E-state index < -0.39 is 12.0 Å². The molecule has 5 heteroatoms. The van der Waals surface area contributed by atoms with E-state index in [1.165, 1.54) is 6.07 Å². The third-order valence-electron chi connectivity index (χ3n) is 3.65. The van der Waals surface area contributed by atoms with E-state index in [0.29, 0.717) is 35.5 Å². The Balaban J connectivity index is 2.14. The number of aliphatic carboxylic acids is 1. The second-order valence-corrected chi connectivity index (χ2v) is 6.11. The molecule has 1 N–H and O–H groups in total. The van der Waals surface area contributed by atoms with Gasteiger partial charge in [0, 0.05) is 16.6 Å². The van der Waals surface area contributed by atoms with Gasteiger partial charge in [0.05, 0.1) is 0 Å². The zero-order chi connectivity index (χ0) is 14.0. The molecule has 0 radical (unpaired) electrons. The van der Waals surface area contributed by atoms with Crippen molar-refractivity contribution in [2.24, 2.45) is 5.92 Å². The summed E-state index contributed by atoms with van der Waals surface area (Å²) in [4.78, 5) is 13.2. The molecule has 0 spiro atoms. The molecular weight excluding hydrogens is 313 g/mol. The lowest BCUT2D eigenvalue weighted by Gasteiger charge is -2.36. The zero-order valence-electron chi connectivity index (χ0n) is 10.8. The van der Waals surface area contributed by atoms with Crippen LogP contribution in [-0.4, -0.2) is 28.6 Å². The first-order valence-electron chi connectivity index (χ1n) is 6.38. The van der Waals surface area contributed by atoms with E-state index in [1.807, 2.05) is 4.90 Å². The lowest BCUT2D eigenvalue weighted by Crippen LogP contribution is -2.46. The number of benzene rings is 1. The monoisotopic (exact) mass is 329 g/mol. The Bertz CT molecular complexity index is 481. The predicted octanol–water partition coefficient (Wildman–Crippen LogP) is 3.27. The van der Waals surface area contributed by atoms with Crippen LogP contribution < -0.4 is 0 Å². The van der Waals surface area contributed by atoms with Crippen molar-refractivity contribution in [3.05, 3.63) is 34.1 Å². The SMILES string of the molecule is CC1CCN(Cc2ccc(Br)cc2F)C(C(=O)O)C1. The van der Waals surface area contributed by atoms with Gasteiger partial charge in [0.15, 0.2) is 0 Å². The molecule has 2 atom stereocenters. The summed E-state index contributed by atoms with van der Waals surface area (Å²) < 4.78 is 14.5. The predicted molar refractivity (Wildman–Crippen MR) is 74.3 cm³/mol. The van der Waals surface area contributed by atoms with Crippen molar-refractivity contribution in [3.8, 4) is 0 Å². The average molecular weight is 330 g/mol. The van der Waals surface area contributed by atoms with Gasteiger partial charge in [0.25, 0.3) is 0 Å². The highest BCUT2D eigenvalue weighted by Crippen LogP contribution is 2.25. The minimum atomic E-state index is -0.816. The van der Waals surface area contributed by atoms with Crippen LogP contribution in [0.3, 0.4) is 0 Å². The van der Waals surface area contributed by atoms with Crippen molar-refractivity contribution < 1.29 is 14.3 Å². The molecular formula is C14H17BrFNO2. The number of carboxylic acid groups (broad SMARTS) is 1. The fraction of sp³-hybridized carbons (Fsp3) is 0.500. The fourth-order valence-corrected chi connectivity index (χ4v) is 2.84. The first-order chi connectivity index (χ1) is 8.97. The van der Waals surface area contributed by atoms with Crippen molar-refractivity contribution in [2.45, 2.75) is 32.4 Å². The number of carboxylic acids is 1. The summed E-state index contributed by atoms with van der Waals surface area (Å²) in [5, 5.41) is 9.27. The summed E-state index contributed by atoms with van der Waals surface area (Å²) >= 11 is 3.22. The maximum Gasteiger partial charge on any atom is 0.320 e. The van der Waals surface area contributed by atoms with Crippen molar-refractivity contribution in [3.63, 3.8) is 0 Å². The van der Waals surface area contributed by atoms with E-state index in [1.54, 1.807) is 12.1 Å². The summed E-state index contributed by atoms with van der Waals surface area (Å²) in [5.41, 5.74) is 0.545. The van der Waals surface area contributed by atoms with Crippen molar-refractivity contribution in [1.82, 2.24) is 4.90 Å². The highest BCUT2D eigenvalue weighted by molar-refractivity contribution is 9.10. The number of hydrogen-bond donors (Lipinski definition) is 1. The summed E-state index contributed by atoms with van der Waals surface area (Å²) in [7, 11) is 0. The molecule has 1 aliphatic heterocycles. The Morgan fingerprint density at radius 2 is 2.32 bits per heavy atom. The van der Waals surface area contributed by atoms with Crippen LogP contribution in [0.4, 0.5) is 4.39 Å². The topological polar surface area (TPSA) is 40.5 Å². The molecule has 2 rings (SSSR count). The van der Waals surface area contributed by atoms with Gasteiger partial charge >= 0.3 is 5.97 Å². The van der Waals surface area contributed by atoms with E-state index in [4.69, 9.17) is 0 Å². The number of halogens is 2. The molecule has 19 heavy (non-hydrogen) atoms. The molecule has 1 fully saturated rings. The van der Waals surface area contributed by atoms with Gasteiger partial charge in [-0.1, -0.05) is 28.9 Å². The number of hydrogen-bond acceptors (Lipinski definition) is 2. The van der Waals surface area contributed by atoms with E-state index in [-0.39, 0.29) is 5.82 Å². The second kappa shape index (κ2) is 6.01. The Kier molecular flexibility index (Phi) is 4.58. The average Bonchev–Trinajstić information content (AvgIpc) is 2.34. The molecule has 1 aromatic carbocycles. The number of carbonyl (C=O) groups is 1. The maximum atomic E-state index is 13.8. The molecule has 1 heterocycles. The minimum absolute atomic E-state index is 0.294. The van der Waals surface area contributed by atoms with E-state index in [9.17, 15) is 14.3 Å². The van der Waals surface area contributed by atoms with E-state index in [2.05, 4.69) is 22.9 Å². The minimum Gasteiger partial charge on any atom is -0.480 e. The Hall–Kier alpha value is -0.940. The van der Waals surface area contributed by atoms with Gasteiger partial charge in [-0.25, -0.2) is 4.39 Å². The van der Waals surface area contributed by atoms with Gasteiger partial charge in [-0.15, -0.1) is 0 Å². The normalized spacial score (nSPS) is 24.4. The molecule has 104 valence electrons. The number of likely N-dealkylation sites (tertiary alicyclic amines) is 1. The van der Waals surface area contributed by atoms with Gasteiger partial charge < -0.3 is 5.11 Å². The van der Waals surface area contributed by atoms with Crippen LogP contribution in [0.5, 0.6) is 0 Å². The highest BCUT2D eigenvalue weighted by atomic mass is 79.9. The first kappa shape index (κ1) is 14.5.